The van der Waals surface area contributed by atoms with E-state index in [2.05, 4.69) is 5.32 Å². The molecule has 0 unspecified atom stereocenters. The Kier molecular flexibility index (Phi) is 4.00. The number of nitro benzene ring substituents is 1. The van der Waals surface area contributed by atoms with Gasteiger partial charge in [-0.3, -0.25) is 10.1 Å². The van der Waals surface area contributed by atoms with Gasteiger partial charge >= 0.3 is 0 Å². The van der Waals surface area contributed by atoms with Gasteiger partial charge in [0, 0.05) is 18.2 Å². The number of nitrogens with one attached hydrogen (secondary N) is 1. The Morgan fingerprint density at radius 2 is 2.00 bits per heavy atom. The number of nitriles is 1. The predicted octanol–water partition coefficient (Wildman–Crippen LogP) is 4.14. The van der Waals surface area contributed by atoms with E-state index in [4.69, 9.17) is 16.9 Å². The van der Waals surface area contributed by atoms with E-state index in [9.17, 15) is 18.9 Å². The van der Waals surface area contributed by atoms with Gasteiger partial charge < -0.3 is 5.32 Å². The number of nitrogens with zero attached hydrogens (tertiary/aromatic N) is 2. The van der Waals surface area contributed by atoms with Gasteiger partial charge in [0.2, 0.25) is 0 Å². The second-order valence-corrected chi connectivity index (χ2v) is 4.38. The predicted molar refractivity (Wildman–Crippen MR) is 72.5 cm³/mol. The number of non-ortho nitro benzene ring substituents is 1. The van der Waals surface area contributed by atoms with E-state index in [1.54, 1.807) is 6.07 Å². The molecule has 0 aromatic heterocycles. The molecule has 2 rings (SSSR count). The largest absolute Gasteiger partial charge is 0.351 e. The Balaban J connectivity index is 2.46. The highest BCUT2D eigenvalue weighted by Gasteiger charge is 2.14. The van der Waals surface area contributed by atoms with Gasteiger partial charge in [0.05, 0.1) is 26.9 Å². The van der Waals surface area contributed by atoms with Crippen LogP contribution in [0.3, 0.4) is 0 Å². The average molecular weight is 310 g/mol. The zero-order valence-electron chi connectivity index (χ0n) is 10.2. The molecule has 0 aliphatic carbocycles. The average Bonchev–Trinajstić information content (AvgIpc) is 2.42. The second kappa shape index (κ2) is 5.73. The molecule has 8 heteroatoms. The summed E-state index contributed by atoms with van der Waals surface area (Å²) in [6, 6.07) is 6.73. The van der Waals surface area contributed by atoms with Crippen molar-refractivity contribution in [3.63, 3.8) is 0 Å². The highest BCUT2D eigenvalue weighted by Crippen LogP contribution is 2.31. The molecular formula is C13H6ClF2N3O2. The number of hydrogen-bond acceptors (Lipinski definition) is 4. The number of anilines is 2. The lowest BCUT2D eigenvalue weighted by Crippen LogP contribution is -1.99. The zero-order valence-corrected chi connectivity index (χ0v) is 11.0. The van der Waals surface area contributed by atoms with E-state index in [-0.39, 0.29) is 27.6 Å². The Labute approximate surface area is 122 Å². The number of nitro groups is 1. The standard InChI is InChI=1S/C13H6ClF2N3O2/c14-10-4-8(15)5-11(16)13(10)18-12-2-1-9(19(20)21)3-7(12)6-17/h1-5,18H. The van der Waals surface area contributed by atoms with Crippen LogP contribution >= 0.6 is 11.6 Å². The molecule has 2 aromatic rings. The van der Waals surface area contributed by atoms with Gasteiger partial charge in [-0.15, -0.1) is 0 Å². The third kappa shape index (κ3) is 3.07. The lowest BCUT2D eigenvalue weighted by atomic mass is 10.1. The SMILES string of the molecule is N#Cc1cc([N+](=O)[O-])ccc1Nc1c(F)cc(F)cc1Cl. The minimum absolute atomic E-state index is 0.0657. The van der Waals surface area contributed by atoms with Crippen molar-refractivity contribution >= 4 is 28.7 Å². The number of benzene rings is 2. The molecule has 2 aromatic carbocycles. The first-order valence-electron chi connectivity index (χ1n) is 5.52. The molecule has 5 nitrogen and oxygen atoms in total. The van der Waals surface area contributed by atoms with Crippen LogP contribution in [0.25, 0.3) is 0 Å². The number of rotatable bonds is 3. The summed E-state index contributed by atoms with van der Waals surface area (Å²) < 4.78 is 26.6. The molecule has 0 saturated carbocycles. The molecule has 0 heterocycles. The van der Waals surface area contributed by atoms with Crippen LogP contribution < -0.4 is 5.32 Å². The van der Waals surface area contributed by atoms with Crippen molar-refractivity contribution in [2.45, 2.75) is 0 Å². The van der Waals surface area contributed by atoms with Gasteiger partial charge in [-0.1, -0.05) is 11.6 Å². The topological polar surface area (TPSA) is 79.0 Å². The molecule has 0 radical (unpaired) electrons. The fourth-order valence-corrected chi connectivity index (χ4v) is 1.89. The Bertz CT molecular complexity index is 751. The van der Waals surface area contributed by atoms with Gasteiger partial charge in [0.1, 0.15) is 11.9 Å². The number of halogens is 3. The van der Waals surface area contributed by atoms with Crippen LogP contribution in [0.1, 0.15) is 5.56 Å². The van der Waals surface area contributed by atoms with Crippen molar-refractivity contribution in [2.24, 2.45) is 0 Å². The van der Waals surface area contributed by atoms with Crippen molar-refractivity contribution in [3.05, 3.63) is 62.7 Å². The summed E-state index contributed by atoms with van der Waals surface area (Å²) in [7, 11) is 0. The van der Waals surface area contributed by atoms with Crippen molar-refractivity contribution in [3.8, 4) is 6.07 Å². The molecule has 1 N–H and O–H groups in total. The van der Waals surface area contributed by atoms with E-state index in [0.717, 1.165) is 18.2 Å². The first-order valence-corrected chi connectivity index (χ1v) is 5.90. The lowest BCUT2D eigenvalue weighted by molar-refractivity contribution is -0.384. The van der Waals surface area contributed by atoms with E-state index >= 15 is 0 Å². The first kappa shape index (κ1) is 14.7. The lowest BCUT2D eigenvalue weighted by Gasteiger charge is -2.11. The summed E-state index contributed by atoms with van der Waals surface area (Å²) in [5.41, 5.74) is -0.439. The fraction of sp³-hybridized carbons (Fsp3) is 0. The molecule has 0 spiro atoms. The summed E-state index contributed by atoms with van der Waals surface area (Å²) in [5.74, 6) is -1.78. The van der Waals surface area contributed by atoms with Gasteiger partial charge in [-0.2, -0.15) is 5.26 Å². The van der Waals surface area contributed by atoms with Gasteiger partial charge in [-0.05, 0) is 12.1 Å². The molecule has 0 amide bonds. The van der Waals surface area contributed by atoms with Crippen molar-refractivity contribution in [1.29, 1.82) is 5.26 Å². The smallest absolute Gasteiger partial charge is 0.270 e. The van der Waals surface area contributed by atoms with E-state index in [0.29, 0.717) is 6.07 Å². The summed E-state index contributed by atoms with van der Waals surface area (Å²) in [4.78, 5) is 9.98. The van der Waals surface area contributed by atoms with Gasteiger partial charge in [0.25, 0.3) is 5.69 Å². The molecular weight excluding hydrogens is 304 g/mol. The van der Waals surface area contributed by atoms with Crippen LogP contribution in [0.5, 0.6) is 0 Å². The second-order valence-electron chi connectivity index (χ2n) is 3.97. The van der Waals surface area contributed by atoms with Crippen LogP contribution in [0.4, 0.5) is 25.8 Å². The first-order chi connectivity index (χ1) is 9.92. The van der Waals surface area contributed by atoms with Gasteiger partial charge in [0.15, 0.2) is 5.82 Å². The highest BCUT2D eigenvalue weighted by molar-refractivity contribution is 6.33. The minimum Gasteiger partial charge on any atom is -0.351 e. The van der Waals surface area contributed by atoms with Crippen LogP contribution in [0.15, 0.2) is 30.3 Å². The third-order valence-corrected chi connectivity index (χ3v) is 2.90. The summed E-state index contributed by atoms with van der Waals surface area (Å²) in [6.45, 7) is 0. The van der Waals surface area contributed by atoms with E-state index in [1.807, 2.05) is 0 Å². The molecule has 21 heavy (non-hydrogen) atoms. The molecule has 0 atom stereocenters. The quantitative estimate of drug-likeness (QED) is 0.682. The van der Waals surface area contributed by atoms with Crippen LogP contribution in [0.2, 0.25) is 5.02 Å². The number of hydrogen-bond donors (Lipinski definition) is 1. The molecule has 0 aliphatic heterocycles. The van der Waals surface area contributed by atoms with Gasteiger partial charge in [-0.25, -0.2) is 8.78 Å². The summed E-state index contributed by atoms with van der Waals surface area (Å²) >= 11 is 5.73. The van der Waals surface area contributed by atoms with Crippen LogP contribution in [0, 0.1) is 33.1 Å². The van der Waals surface area contributed by atoms with Crippen molar-refractivity contribution in [2.75, 3.05) is 5.32 Å². The molecule has 106 valence electrons. The molecule has 0 saturated heterocycles. The zero-order chi connectivity index (χ0) is 15.6. The maximum atomic E-state index is 13.7. The van der Waals surface area contributed by atoms with Crippen molar-refractivity contribution in [1.82, 2.24) is 0 Å². The Hall–Kier alpha value is -2.72. The molecule has 0 aliphatic rings. The normalized spacial score (nSPS) is 10.0. The Morgan fingerprint density at radius 1 is 1.29 bits per heavy atom. The Morgan fingerprint density at radius 3 is 2.57 bits per heavy atom. The summed E-state index contributed by atoms with van der Waals surface area (Å²) in [6.07, 6.45) is 0. The molecule has 0 fully saturated rings. The molecule has 0 bridgehead atoms. The summed E-state index contributed by atoms with van der Waals surface area (Å²) in [5, 5.41) is 21.9. The fourth-order valence-electron chi connectivity index (χ4n) is 1.64. The monoisotopic (exact) mass is 309 g/mol. The van der Waals surface area contributed by atoms with Crippen molar-refractivity contribution < 1.29 is 13.7 Å². The maximum Gasteiger partial charge on any atom is 0.270 e. The minimum atomic E-state index is -0.942. The van der Waals surface area contributed by atoms with E-state index in [1.165, 1.54) is 6.07 Å². The van der Waals surface area contributed by atoms with Crippen LogP contribution in [-0.4, -0.2) is 4.92 Å². The van der Waals surface area contributed by atoms with E-state index < -0.39 is 16.6 Å². The maximum absolute atomic E-state index is 13.7. The highest BCUT2D eigenvalue weighted by atomic mass is 35.5. The third-order valence-electron chi connectivity index (χ3n) is 2.60. The van der Waals surface area contributed by atoms with Crippen LogP contribution in [-0.2, 0) is 0 Å².